The van der Waals surface area contributed by atoms with E-state index in [2.05, 4.69) is 10.2 Å². The van der Waals surface area contributed by atoms with Crippen LogP contribution in [0.4, 0.5) is 0 Å². The van der Waals surface area contributed by atoms with Crippen LogP contribution in [0.25, 0.3) is 5.69 Å². The number of benzene rings is 3. The average molecular weight is 496 g/mol. The van der Waals surface area contributed by atoms with Crippen molar-refractivity contribution in [3.8, 4) is 17.2 Å². The van der Waals surface area contributed by atoms with Crippen LogP contribution in [-0.4, -0.2) is 42.7 Å². The van der Waals surface area contributed by atoms with E-state index in [4.69, 9.17) is 9.47 Å². The Labute approximate surface area is 203 Å². The number of methoxy groups -OCH3 is 1. The zero-order chi connectivity index (χ0) is 24.0. The van der Waals surface area contributed by atoms with Gasteiger partial charge in [-0.25, -0.2) is 8.42 Å². The zero-order valence-electron chi connectivity index (χ0n) is 18.9. The maximum atomic E-state index is 13.1. The first-order valence-electron chi connectivity index (χ1n) is 10.6. The normalized spacial score (nSPS) is 11.4. The third kappa shape index (κ3) is 5.78. The molecule has 0 fully saturated rings. The number of sulfone groups is 1. The molecular formula is C25H25N3O4S2. The molecule has 0 bridgehead atoms. The van der Waals surface area contributed by atoms with Crippen molar-refractivity contribution in [1.29, 1.82) is 0 Å². The summed E-state index contributed by atoms with van der Waals surface area (Å²) in [5.41, 5.74) is 1.81. The molecule has 3 aromatic carbocycles. The summed E-state index contributed by atoms with van der Waals surface area (Å²) in [6.45, 7) is 2.37. The largest absolute Gasteiger partial charge is 0.497 e. The minimum atomic E-state index is -3.58. The van der Waals surface area contributed by atoms with Crippen LogP contribution in [-0.2, 0) is 15.6 Å². The highest BCUT2D eigenvalue weighted by atomic mass is 32.2. The first-order chi connectivity index (χ1) is 16.5. The van der Waals surface area contributed by atoms with Crippen LogP contribution in [0.15, 0.2) is 88.9 Å². The Morgan fingerprint density at radius 1 is 0.882 bits per heavy atom. The minimum Gasteiger partial charge on any atom is -0.497 e. The number of hydrogen-bond acceptors (Lipinski definition) is 7. The summed E-state index contributed by atoms with van der Waals surface area (Å²) in [7, 11) is -1.96. The summed E-state index contributed by atoms with van der Waals surface area (Å²) < 4.78 is 38.9. The van der Waals surface area contributed by atoms with Crippen LogP contribution in [0.2, 0.25) is 0 Å². The van der Waals surface area contributed by atoms with Gasteiger partial charge in [0, 0.05) is 11.4 Å². The standard InChI is InChI=1S/C25H25N3O4S2/c1-19-8-14-23(15-9-19)34(29,30)18-24-26-27-25(28(24)20-6-4-3-5-7-20)33-17-16-32-22-12-10-21(31-2)11-13-22/h3-15H,16-18H2,1-2H3. The second kappa shape index (κ2) is 10.8. The minimum absolute atomic E-state index is 0.249. The maximum Gasteiger partial charge on any atom is 0.195 e. The zero-order valence-corrected chi connectivity index (χ0v) is 20.6. The third-order valence-corrected chi connectivity index (χ3v) is 7.58. The Morgan fingerprint density at radius 2 is 1.56 bits per heavy atom. The molecule has 7 nitrogen and oxygen atoms in total. The molecule has 0 aliphatic rings. The fourth-order valence-corrected chi connectivity index (χ4v) is 5.32. The fraction of sp³-hybridized carbons (Fsp3) is 0.200. The van der Waals surface area contributed by atoms with Crippen LogP contribution in [0, 0.1) is 6.92 Å². The van der Waals surface area contributed by atoms with Crippen LogP contribution in [0.1, 0.15) is 11.4 Å². The van der Waals surface area contributed by atoms with Crippen molar-refractivity contribution >= 4 is 21.6 Å². The summed E-state index contributed by atoms with van der Waals surface area (Å²) >= 11 is 1.46. The molecule has 34 heavy (non-hydrogen) atoms. The molecular weight excluding hydrogens is 470 g/mol. The molecule has 4 rings (SSSR count). The summed E-state index contributed by atoms with van der Waals surface area (Å²) in [4.78, 5) is 0.266. The van der Waals surface area contributed by atoms with E-state index < -0.39 is 9.84 Å². The Bertz CT molecular complexity index is 1320. The average Bonchev–Trinajstić information content (AvgIpc) is 3.24. The van der Waals surface area contributed by atoms with Gasteiger partial charge in [0.15, 0.2) is 20.8 Å². The van der Waals surface area contributed by atoms with Gasteiger partial charge in [0.1, 0.15) is 17.3 Å². The van der Waals surface area contributed by atoms with Gasteiger partial charge in [-0.05, 0) is 55.5 Å². The molecule has 0 saturated heterocycles. The Kier molecular flexibility index (Phi) is 7.54. The van der Waals surface area contributed by atoms with Crippen LogP contribution in [0.5, 0.6) is 11.5 Å². The molecule has 0 amide bonds. The predicted molar refractivity (Wildman–Crippen MR) is 133 cm³/mol. The molecule has 0 saturated carbocycles. The molecule has 1 aromatic heterocycles. The van der Waals surface area contributed by atoms with Crippen molar-refractivity contribution in [2.24, 2.45) is 0 Å². The van der Waals surface area contributed by atoms with E-state index in [0.29, 0.717) is 23.3 Å². The Hall–Kier alpha value is -3.30. The first-order valence-corrected chi connectivity index (χ1v) is 13.3. The van der Waals surface area contributed by atoms with Crippen molar-refractivity contribution < 1.29 is 17.9 Å². The summed E-state index contributed by atoms with van der Waals surface area (Å²) in [6.07, 6.45) is 0. The van der Waals surface area contributed by atoms with E-state index in [9.17, 15) is 8.42 Å². The summed E-state index contributed by atoms with van der Waals surface area (Å²) in [6, 6.07) is 23.7. The number of hydrogen-bond donors (Lipinski definition) is 0. The van der Waals surface area contributed by atoms with E-state index >= 15 is 0 Å². The molecule has 4 aromatic rings. The quantitative estimate of drug-likeness (QED) is 0.232. The molecule has 0 N–H and O–H groups in total. The lowest BCUT2D eigenvalue weighted by atomic mass is 10.2. The SMILES string of the molecule is COc1ccc(OCCSc2nnc(CS(=O)(=O)c3ccc(C)cc3)n2-c2ccccc2)cc1. The van der Waals surface area contributed by atoms with E-state index in [1.54, 1.807) is 35.9 Å². The number of nitrogens with zero attached hydrogens (tertiary/aromatic N) is 3. The van der Waals surface area contributed by atoms with Crippen LogP contribution in [0.3, 0.4) is 0 Å². The van der Waals surface area contributed by atoms with Gasteiger partial charge in [0.2, 0.25) is 0 Å². The lowest BCUT2D eigenvalue weighted by Gasteiger charge is -2.11. The van der Waals surface area contributed by atoms with E-state index in [1.165, 1.54) is 11.8 Å². The molecule has 0 aliphatic carbocycles. The monoisotopic (exact) mass is 495 g/mol. The van der Waals surface area contributed by atoms with Gasteiger partial charge in [-0.2, -0.15) is 0 Å². The smallest absolute Gasteiger partial charge is 0.195 e. The van der Waals surface area contributed by atoms with Gasteiger partial charge in [-0.1, -0.05) is 47.7 Å². The highest BCUT2D eigenvalue weighted by Gasteiger charge is 2.22. The van der Waals surface area contributed by atoms with Crippen molar-refractivity contribution in [3.05, 3.63) is 90.3 Å². The Balaban J connectivity index is 1.51. The molecule has 176 valence electrons. The van der Waals surface area contributed by atoms with Gasteiger partial charge < -0.3 is 9.47 Å². The Morgan fingerprint density at radius 3 is 2.24 bits per heavy atom. The van der Waals surface area contributed by atoms with Crippen LogP contribution >= 0.6 is 11.8 Å². The van der Waals surface area contributed by atoms with E-state index in [0.717, 1.165) is 22.7 Å². The topological polar surface area (TPSA) is 83.3 Å². The third-order valence-electron chi connectivity index (χ3n) is 5.06. The van der Waals surface area contributed by atoms with Crippen molar-refractivity contribution in [1.82, 2.24) is 14.8 Å². The lowest BCUT2D eigenvalue weighted by molar-refractivity contribution is 0.342. The first kappa shape index (κ1) is 23.8. The number of thioether (sulfide) groups is 1. The van der Waals surface area contributed by atoms with Gasteiger partial charge in [0.05, 0.1) is 18.6 Å². The number of aryl methyl sites for hydroxylation is 1. The lowest BCUT2D eigenvalue weighted by Crippen LogP contribution is -2.11. The van der Waals surface area contributed by atoms with Crippen molar-refractivity contribution in [2.75, 3.05) is 19.5 Å². The van der Waals surface area contributed by atoms with Gasteiger partial charge in [-0.15, -0.1) is 10.2 Å². The van der Waals surface area contributed by atoms with Gasteiger partial charge >= 0.3 is 0 Å². The van der Waals surface area contributed by atoms with Crippen molar-refractivity contribution in [2.45, 2.75) is 22.7 Å². The van der Waals surface area contributed by atoms with Crippen molar-refractivity contribution in [3.63, 3.8) is 0 Å². The number of para-hydroxylation sites is 1. The molecule has 0 atom stereocenters. The number of aromatic nitrogens is 3. The van der Waals surface area contributed by atoms with E-state index in [-0.39, 0.29) is 10.6 Å². The highest BCUT2D eigenvalue weighted by Crippen LogP contribution is 2.25. The van der Waals surface area contributed by atoms with Crippen LogP contribution < -0.4 is 9.47 Å². The maximum absolute atomic E-state index is 13.1. The molecule has 0 aliphatic heterocycles. The molecule has 0 radical (unpaired) electrons. The highest BCUT2D eigenvalue weighted by molar-refractivity contribution is 7.99. The van der Waals surface area contributed by atoms with Gasteiger partial charge in [0.25, 0.3) is 0 Å². The molecule has 0 unspecified atom stereocenters. The van der Waals surface area contributed by atoms with Gasteiger partial charge in [-0.3, -0.25) is 4.57 Å². The second-order valence-electron chi connectivity index (χ2n) is 7.51. The predicted octanol–water partition coefficient (Wildman–Crippen LogP) is 4.73. The number of rotatable bonds is 10. The fourth-order valence-electron chi connectivity index (χ4n) is 3.29. The second-order valence-corrected chi connectivity index (χ2v) is 10.6. The summed E-state index contributed by atoms with van der Waals surface area (Å²) in [5, 5.41) is 9.14. The van der Waals surface area contributed by atoms with E-state index in [1.807, 2.05) is 61.5 Å². The molecule has 0 spiro atoms. The molecule has 9 heteroatoms. The summed E-state index contributed by atoms with van der Waals surface area (Å²) in [5.74, 6) is 2.25. The number of ether oxygens (including phenoxy) is 2. The molecule has 1 heterocycles.